The summed E-state index contributed by atoms with van der Waals surface area (Å²) < 4.78 is 6.90. The summed E-state index contributed by atoms with van der Waals surface area (Å²) >= 11 is 1.38. The summed E-state index contributed by atoms with van der Waals surface area (Å²) in [5.74, 6) is -0.379. The van der Waals surface area contributed by atoms with Crippen LogP contribution in [-0.2, 0) is 0 Å². The van der Waals surface area contributed by atoms with Gasteiger partial charge in [0.1, 0.15) is 10.6 Å². The van der Waals surface area contributed by atoms with Crippen molar-refractivity contribution in [1.82, 2.24) is 14.7 Å². The van der Waals surface area contributed by atoms with Crippen molar-refractivity contribution < 1.29 is 19.4 Å². The predicted octanol–water partition coefficient (Wildman–Crippen LogP) is 2.13. The third-order valence-electron chi connectivity index (χ3n) is 4.02. The maximum Gasteiger partial charge on any atom is 0.338 e. The van der Waals surface area contributed by atoms with Crippen molar-refractivity contribution in [3.63, 3.8) is 0 Å². The first-order valence-corrected chi connectivity index (χ1v) is 8.16. The highest BCUT2D eigenvalue weighted by molar-refractivity contribution is 7.12. The Balaban J connectivity index is 1.64. The van der Waals surface area contributed by atoms with Crippen molar-refractivity contribution in [2.75, 3.05) is 20.2 Å². The number of methoxy groups -OCH3 is 1. The number of carbonyl (C=O) groups is 2. The number of thiophene rings is 1. The van der Waals surface area contributed by atoms with Crippen LogP contribution in [0.15, 0.2) is 23.8 Å². The van der Waals surface area contributed by atoms with Crippen LogP contribution in [0.2, 0.25) is 0 Å². The van der Waals surface area contributed by atoms with Gasteiger partial charge in [-0.2, -0.15) is 5.10 Å². The standard InChI is InChI=1S/C15H17N3O4S/c1-22-12-4-7-23-13(12)14(19)17-5-2-11(3-6-17)18-9-10(8-16-18)15(20)21/h4,7-9,11H,2-3,5-6H2,1H3,(H,20,21). The van der Waals surface area contributed by atoms with Gasteiger partial charge < -0.3 is 14.7 Å². The van der Waals surface area contributed by atoms with Crippen molar-refractivity contribution in [2.24, 2.45) is 0 Å². The Hall–Kier alpha value is -2.35. The molecule has 1 aliphatic heterocycles. The van der Waals surface area contributed by atoms with E-state index in [0.717, 1.165) is 12.8 Å². The minimum Gasteiger partial charge on any atom is -0.495 e. The molecule has 0 unspecified atom stereocenters. The zero-order chi connectivity index (χ0) is 16.4. The lowest BCUT2D eigenvalue weighted by Gasteiger charge is -2.32. The molecular formula is C15H17N3O4S. The van der Waals surface area contributed by atoms with Gasteiger partial charge in [0.15, 0.2) is 0 Å². The molecule has 1 amide bonds. The molecule has 0 aromatic carbocycles. The molecule has 2 aromatic heterocycles. The van der Waals surface area contributed by atoms with Crippen LogP contribution in [-0.4, -0.2) is 51.9 Å². The second-order valence-electron chi connectivity index (χ2n) is 5.36. The van der Waals surface area contributed by atoms with E-state index < -0.39 is 5.97 Å². The number of aromatic nitrogens is 2. The van der Waals surface area contributed by atoms with Crippen LogP contribution < -0.4 is 4.74 Å². The summed E-state index contributed by atoms with van der Waals surface area (Å²) in [5.41, 5.74) is 0.187. The molecule has 122 valence electrons. The number of carbonyl (C=O) groups excluding carboxylic acids is 1. The fraction of sp³-hybridized carbons (Fsp3) is 0.400. The van der Waals surface area contributed by atoms with Crippen LogP contribution in [0.25, 0.3) is 0 Å². The SMILES string of the molecule is COc1ccsc1C(=O)N1CCC(n2cc(C(=O)O)cn2)CC1. The van der Waals surface area contributed by atoms with Crippen molar-refractivity contribution in [2.45, 2.75) is 18.9 Å². The number of amides is 1. The van der Waals surface area contributed by atoms with Gasteiger partial charge in [0.2, 0.25) is 0 Å². The Morgan fingerprint density at radius 3 is 2.74 bits per heavy atom. The Morgan fingerprint density at radius 1 is 1.39 bits per heavy atom. The highest BCUT2D eigenvalue weighted by Gasteiger charge is 2.27. The molecule has 2 aromatic rings. The van der Waals surface area contributed by atoms with Gasteiger partial charge in [-0.05, 0) is 24.3 Å². The molecule has 0 spiro atoms. The topological polar surface area (TPSA) is 84.7 Å². The molecule has 23 heavy (non-hydrogen) atoms. The van der Waals surface area contributed by atoms with E-state index in [1.807, 2.05) is 10.3 Å². The minimum absolute atomic E-state index is 0.0120. The number of carboxylic acid groups (broad SMARTS) is 1. The Bertz CT molecular complexity index is 716. The van der Waals surface area contributed by atoms with Gasteiger partial charge >= 0.3 is 5.97 Å². The van der Waals surface area contributed by atoms with Gasteiger partial charge in [-0.3, -0.25) is 9.48 Å². The highest BCUT2D eigenvalue weighted by atomic mass is 32.1. The number of likely N-dealkylation sites (tertiary alicyclic amines) is 1. The molecule has 0 bridgehead atoms. The van der Waals surface area contributed by atoms with E-state index >= 15 is 0 Å². The average molecular weight is 335 g/mol. The van der Waals surface area contributed by atoms with E-state index in [4.69, 9.17) is 9.84 Å². The zero-order valence-corrected chi connectivity index (χ0v) is 13.5. The molecule has 1 aliphatic rings. The van der Waals surface area contributed by atoms with Crippen molar-refractivity contribution >= 4 is 23.2 Å². The van der Waals surface area contributed by atoms with Crippen LogP contribution in [0.3, 0.4) is 0 Å². The molecule has 8 heteroatoms. The maximum absolute atomic E-state index is 12.5. The molecule has 1 fully saturated rings. The quantitative estimate of drug-likeness (QED) is 0.925. The third-order valence-corrected chi connectivity index (χ3v) is 4.90. The number of rotatable bonds is 4. The summed E-state index contributed by atoms with van der Waals surface area (Å²) in [4.78, 5) is 25.9. The lowest BCUT2D eigenvalue weighted by molar-refractivity contribution is 0.0689. The van der Waals surface area contributed by atoms with Crippen LogP contribution in [0, 0.1) is 0 Å². The maximum atomic E-state index is 12.5. The summed E-state index contributed by atoms with van der Waals surface area (Å²) in [6, 6.07) is 1.92. The average Bonchev–Trinajstić information content (AvgIpc) is 3.23. The molecule has 0 saturated carbocycles. The first-order valence-electron chi connectivity index (χ1n) is 7.28. The van der Waals surface area contributed by atoms with E-state index in [-0.39, 0.29) is 17.5 Å². The molecule has 1 saturated heterocycles. The van der Waals surface area contributed by atoms with Gasteiger partial charge in [0, 0.05) is 19.3 Å². The third kappa shape index (κ3) is 3.07. The van der Waals surface area contributed by atoms with E-state index in [1.165, 1.54) is 17.5 Å². The number of ether oxygens (including phenoxy) is 1. The number of carboxylic acids is 1. The molecule has 0 atom stereocenters. The van der Waals surface area contributed by atoms with E-state index in [1.54, 1.807) is 24.1 Å². The fourth-order valence-corrected chi connectivity index (χ4v) is 3.56. The lowest BCUT2D eigenvalue weighted by Crippen LogP contribution is -2.39. The molecule has 0 radical (unpaired) electrons. The molecule has 3 rings (SSSR count). The summed E-state index contributed by atoms with van der Waals surface area (Å²) in [5, 5.41) is 14.9. The van der Waals surface area contributed by atoms with Gasteiger partial charge in [-0.25, -0.2) is 4.79 Å². The van der Waals surface area contributed by atoms with Gasteiger partial charge in [-0.1, -0.05) is 0 Å². The second-order valence-corrected chi connectivity index (χ2v) is 6.27. The van der Waals surface area contributed by atoms with Gasteiger partial charge in [-0.15, -0.1) is 11.3 Å². The second kappa shape index (κ2) is 6.41. The first kappa shape index (κ1) is 15.5. The molecule has 3 heterocycles. The Morgan fingerprint density at radius 2 is 2.13 bits per heavy atom. The van der Waals surface area contributed by atoms with Crippen LogP contribution in [0.1, 0.15) is 38.9 Å². The molecule has 0 aliphatic carbocycles. The minimum atomic E-state index is -0.978. The van der Waals surface area contributed by atoms with Crippen LogP contribution >= 0.6 is 11.3 Å². The number of piperidine rings is 1. The van der Waals surface area contributed by atoms with Crippen LogP contribution in [0.4, 0.5) is 0 Å². The van der Waals surface area contributed by atoms with Crippen LogP contribution in [0.5, 0.6) is 5.75 Å². The van der Waals surface area contributed by atoms with E-state index in [9.17, 15) is 9.59 Å². The van der Waals surface area contributed by atoms with Gasteiger partial charge in [0.05, 0.1) is 24.9 Å². The number of hydrogen-bond donors (Lipinski definition) is 1. The molecule has 1 N–H and O–H groups in total. The predicted molar refractivity (Wildman–Crippen MR) is 84.2 cm³/mol. The smallest absolute Gasteiger partial charge is 0.338 e. The first-order chi connectivity index (χ1) is 11.1. The number of hydrogen-bond acceptors (Lipinski definition) is 5. The lowest BCUT2D eigenvalue weighted by atomic mass is 10.1. The monoisotopic (exact) mass is 335 g/mol. The fourth-order valence-electron chi connectivity index (χ4n) is 2.74. The zero-order valence-electron chi connectivity index (χ0n) is 12.6. The Kier molecular flexibility index (Phi) is 4.33. The molecule has 7 nitrogen and oxygen atoms in total. The largest absolute Gasteiger partial charge is 0.495 e. The van der Waals surface area contributed by atoms with E-state index in [2.05, 4.69) is 5.10 Å². The van der Waals surface area contributed by atoms with Gasteiger partial charge in [0.25, 0.3) is 5.91 Å². The number of aromatic carboxylic acids is 1. The van der Waals surface area contributed by atoms with Crippen molar-refractivity contribution in [3.8, 4) is 5.75 Å². The Labute approximate surface area is 137 Å². The summed E-state index contributed by atoms with van der Waals surface area (Å²) in [7, 11) is 1.56. The normalized spacial score (nSPS) is 15.6. The molecular weight excluding hydrogens is 318 g/mol. The highest BCUT2D eigenvalue weighted by Crippen LogP contribution is 2.29. The van der Waals surface area contributed by atoms with Crippen molar-refractivity contribution in [1.29, 1.82) is 0 Å². The van der Waals surface area contributed by atoms with Crippen molar-refractivity contribution in [3.05, 3.63) is 34.3 Å². The summed E-state index contributed by atoms with van der Waals surface area (Å²) in [6.07, 6.45) is 4.41. The summed E-state index contributed by atoms with van der Waals surface area (Å²) in [6.45, 7) is 1.24. The number of nitrogens with zero attached hydrogens (tertiary/aromatic N) is 3. The van der Waals surface area contributed by atoms with E-state index in [0.29, 0.717) is 23.7 Å².